The van der Waals surface area contributed by atoms with Crippen LogP contribution in [0.25, 0.3) is 0 Å². The summed E-state index contributed by atoms with van der Waals surface area (Å²) >= 11 is 0. The van der Waals surface area contributed by atoms with Crippen molar-refractivity contribution in [2.45, 2.75) is 26.3 Å². The van der Waals surface area contributed by atoms with Crippen molar-refractivity contribution in [1.82, 2.24) is 0 Å². The fraction of sp³-hybridized carbons (Fsp3) is 0.235. The normalized spacial score (nSPS) is 12.0. The van der Waals surface area contributed by atoms with Gasteiger partial charge < -0.3 is 10.4 Å². The summed E-state index contributed by atoms with van der Waals surface area (Å²) in [7, 11) is 0. The van der Waals surface area contributed by atoms with E-state index in [0.29, 0.717) is 12.1 Å². The molecule has 3 nitrogen and oxygen atoms in total. The van der Waals surface area contributed by atoms with Gasteiger partial charge in [-0.25, -0.2) is 4.39 Å². The first kappa shape index (κ1) is 15.0. The Morgan fingerprint density at radius 3 is 2.48 bits per heavy atom. The van der Waals surface area contributed by atoms with Gasteiger partial charge in [0.1, 0.15) is 5.82 Å². The average molecular weight is 287 g/mol. The van der Waals surface area contributed by atoms with E-state index >= 15 is 0 Å². The molecule has 0 radical (unpaired) electrons. The minimum Gasteiger partial charge on any atom is -0.481 e. The van der Waals surface area contributed by atoms with E-state index < -0.39 is 11.9 Å². The van der Waals surface area contributed by atoms with Crippen molar-refractivity contribution in [2.75, 3.05) is 5.32 Å². The van der Waals surface area contributed by atoms with Crippen LogP contribution >= 0.6 is 0 Å². The van der Waals surface area contributed by atoms with Crippen molar-refractivity contribution in [3.63, 3.8) is 0 Å². The van der Waals surface area contributed by atoms with Gasteiger partial charge in [-0.3, -0.25) is 4.79 Å². The maximum absolute atomic E-state index is 13.2. The molecular weight excluding hydrogens is 269 g/mol. The minimum absolute atomic E-state index is 0.215. The molecule has 0 fully saturated rings. The highest BCUT2D eigenvalue weighted by molar-refractivity contribution is 5.75. The molecule has 0 saturated carbocycles. The van der Waals surface area contributed by atoms with Crippen molar-refractivity contribution in [2.24, 2.45) is 0 Å². The predicted molar refractivity (Wildman–Crippen MR) is 81.0 cm³/mol. The summed E-state index contributed by atoms with van der Waals surface area (Å²) in [5, 5.41) is 12.2. The topological polar surface area (TPSA) is 49.3 Å². The monoisotopic (exact) mass is 287 g/mol. The number of hydrogen-bond donors (Lipinski definition) is 2. The SMILES string of the molecule is Cc1cc(NCc2ccc(C(C)C(=O)O)cc2)ccc1F. The summed E-state index contributed by atoms with van der Waals surface area (Å²) in [6.45, 7) is 3.99. The number of halogens is 1. The molecule has 4 heteroatoms. The maximum atomic E-state index is 13.2. The largest absolute Gasteiger partial charge is 0.481 e. The lowest BCUT2D eigenvalue weighted by Gasteiger charge is -2.10. The van der Waals surface area contributed by atoms with Gasteiger partial charge in [0.25, 0.3) is 0 Å². The van der Waals surface area contributed by atoms with Crippen LogP contribution in [0.2, 0.25) is 0 Å². The second kappa shape index (κ2) is 6.39. The quantitative estimate of drug-likeness (QED) is 0.876. The van der Waals surface area contributed by atoms with Crippen molar-refractivity contribution in [3.05, 3.63) is 65.0 Å². The molecule has 0 aromatic heterocycles. The van der Waals surface area contributed by atoms with Gasteiger partial charge in [0.05, 0.1) is 5.92 Å². The van der Waals surface area contributed by atoms with Crippen LogP contribution in [0.5, 0.6) is 0 Å². The van der Waals surface area contributed by atoms with Crippen LogP contribution in [0, 0.1) is 12.7 Å². The highest BCUT2D eigenvalue weighted by Crippen LogP contribution is 2.18. The van der Waals surface area contributed by atoms with E-state index in [4.69, 9.17) is 5.11 Å². The molecule has 2 rings (SSSR count). The van der Waals surface area contributed by atoms with Gasteiger partial charge >= 0.3 is 5.97 Å². The van der Waals surface area contributed by atoms with Crippen LogP contribution in [0.4, 0.5) is 10.1 Å². The highest BCUT2D eigenvalue weighted by Gasteiger charge is 2.12. The van der Waals surface area contributed by atoms with E-state index in [9.17, 15) is 9.18 Å². The molecule has 0 amide bonds. The van der Waals surface area contributed by atoms with Gasteiger partial charge in [-0.1, -0.05) is 24.3 Å². The second-order valence-corrected chi connectivity index (χ2v) is 5.12. The molecule has 0 heterocycles. The van der Waals surface area contributed by atoms with Crippen LogP contribution in [0.1, 0.15) is 29.5 Å². The number of hydrogen-bond acceptors (Lipinski definition) is 2. The van der Waals surface area contributed by atoms with Crippen LogP contribution in [0.3, 0.4) is 0 Å². The molecule has 0 saturated heterocycles. The molecule has 110 valence electrons. The molecule has 2 aromatic carbocycles. The molecule has 1 atom stereocenters. The summed E-state index contributed by atoms with van der Waals surface area (Å²) < 4.78 is 13.2. The Hall–Kier alpha value is -2.36. The third-order valence-electron chi connectivity index (χ3n) is 3.50. The van der Waals surface area contributed by atoms with Crippen LogP contribution in [0.15, 0.2) is 42.5 Å². The van der Waals surface area contributed by atoms with Crippen molar-refractivity contribution >= 4 is 11.7 Å². The molecule has 0 spiro atoms. The lowest BCUT2D eigenvalue weighted by molar-refractivity contribution is -0.138. The molecule has 21 heavy (non-hydrogen) atoms. The van der Waals surface area contributed by atoms with Gasteiger partial charge in [-0.15, -0.1) is 0 Å². The first-order valence-electron chi connectivity index (χ1n) is 6.79. The van der Waals surface area contributed by atoms with E-state index in [1.54, 1.807) is 26.0 Å². The second-order valence-electron chi connectivity index (χ2n) is 5.12. The Morgan fingerprint density at radius 1 is 1.24 bits per heavy atom. The van der Waals surface area contributed by atoms with E-state index in [1.807, 2.05) is 24.3 Å². The van der Waals surface area contributed by atoms with Gasteiger partial charge in [0.2, 0.25) is 0 Å². The first-order chi connectivity index (χ1) is 9.97. The van der Waals surface area contributed by atoms with Crippen molar-refractivity contribution in [1.29, 1.82) is 0 Å². The van der Waals surface area contributed by atoms with Gasteiger partial charge in [0.15, 0.2) is 0 Å². The Bertz CT molecular complexity index is 638. The zero-order chi connectivity index (χ0) is 15.4. The highest BCUT2D eigenvalue weighted by atomic mass is 19.1. The maximum Gasteiger partial charge on any atom is 0.310 e. The Labute approximate surface area is 123 Å². The number of carbonyl (C=O) groups is 1. The zero-order valence-corrected chi connectivity index (χ0v) is 12.1. The number of rotatable bonds is 5. The van der Waals surface area contributed by atoms with Crippen LogP contribution in [-0.2, 0) is 11.3 Å². The number of aryl methyl sites for hydroxylation is 1. The molecule has 0 aliphatic rings. The number of aliphatic carboxylic acids is 1. The van der Waals surface area contributed by atoms with Gasteiger partial charge in [0, 0.05) is 12.2 Å². The molecule has 0 aliphatic carbocycles. The van der Waals surface area contributed by atoms with Crippen LogP contribution in [-0.4, -0.2) is 11.1 Å². The minimum atomic E-state index is -0.831. The smallest absolute Gasteiger partial charge is 0.310 e. The molecule has 1 unspecified atom stereocenters. The summed E-state index contributed by atoms with van der Waals surface area (Å²) in [5.74, 6) is -1.55. The summed E-state index contributed by atoms with van der Waals surface area (Å²) in [6.07, 6.45) is 0. The van der Waals surface area contributed by atoms with Gasteiger partial charge in [-0.2, -0.15) is 0 Å². The molecule has 0 bridgehead atoms. The number of carboxylic acids is 1. The number of anilines is 1. The summed E-state index contributed by atoms with van der Waals surface area (Å²) in [6, 6.07) is 12.3. The van der Waals surface area contributed by atoms with Gasteiger partial charge in [-0.05, 0) is 48.7 Å². The fourth-order valence-electron chi connectivity index (χ4n) is 2.03. The number of benzene rings is 2. The average Bonchev–Trinajstić information content (AvgIpc) is 2.48. The third-order valence-corrected chi connectivity index (χ3v) is 3.50. The molecular formula is C17H18FNO2. The molecule has 2 aromatic rings. The van der Waals surface area contributed by atoms with Crippen LogP contribution < -0.4 is 5.32 Å². The van der Waals surface area contributed by atoms with Crippen molar-refractivity contribution < 1.29 is 14.3 Å². The number of carboxylic acid groups (broad SMARTS) is 1. The Balaban J connectivity index is 2.00. The van der Waals surface area contributed by atoms with E-state index in [0.717, 1.165) is 16.8 Å². The lowest BCUT2D eigenvalue weighted by atomic mass is 10.00. The Kier molecular flexibility index (Phi) is 4.58. The van der Waals surface area contributed by atoms with E-state index in [-0.39, 0.29) is 5.82 Å². The standard InChI is InChI=1S/C17H18FNO2/c1-11-9-15(7-8-16(11)18)19-10-13-3-5-14(6-4-13)12(2)17(20)21/h3-9,12,19H,10H2,1-2H3,(H,20,21). The Morgan fingerprint density at radius 2 is 1.90 bits per heavy atom. The molecule has 2 N–H and O–H groups in total. The molecule has 0 aliphatic heterocycles. The zero-order valence-electron chi connectivity index (χ0n) is 12.1. The fourth-order valence-corrected chi connectivity index (χ4v) is 2.03. The predicted octanol–water partition coefficient (Wildman–Crippen LogP) is 3.93. The number of nitrogens with one attached hydrogen (secondary N) is 1. The first-order valence-corrected chi connectivity index (χ1v) is 6.79. The third kappa shape index (κ3) is 3.81. The summed E-state index contributed by atoms with van der Waals surface area (Å²) in [5.41, 5.74) is 3.28. The van der Waals surface area contributed by atoms with E-state index in [1.165, 1.54) is 6.07 Å². The lowest BCUT2D eigenvalue weighted by Crippen LogP contribution is -2.07. The van der Waals surface area contributed by atoms with Crippen molar-refractivity contribution in [3.8, 4) is 0 Å². The van der Waals surface area contributed by atoms with E-state index in [2.05, 4.69) is 5.32 Å². The summed E-state index contributed by atoms with van der Waals surface area (Å²) in [4.78, 5) is 10.9.